The third-order valence-corrected chi connectivity index (χ3v) is 6.33. The molecule has 1 atom stereocenters. The van der Waals surface area contributed by atoms with Crippen molar-refractivity contribution in [1.29, 1.82) is 0 Å². The van der Waals surface area contributed by atoms with Crippen LogP contribution in [0.2, 0.25) is 0 Å². The smallest absolute Gasteiger partial charge is 0.227 e. The van der Waals surface area contributed by atoms with Crippen LogP contribution in [-0.2, 0) is 4.79 Å². The van der Waals surface area contributed by atoms with Gasteiger partial charge in [0, 0.05) is 35.6 Å². The molecule has 1 aliphatic heterocycles. The molecule has 7 nitrogen and oxygen atoms in total. The number of piperidine rings is 1. The van der Waals surface area contributed by atoms with E-state index in [0.717, 1.165) is 59.2 Å². The first kappa shape index (κ1) is 24.6. The Labute approximate surface area is 211 Å². The van der Waals surface area contributed by atoms with Crippen molar-refractivity contribution in [3.63, 3.8) is 0 Å². The number of aromatic nitrogens is 3. The Morgan fingerprint density at radius 1 is 1.00 bits per heavy atom. The molecule has 4 aromatic rings. The summed E-state index contributed by atoms with van der Waals surface area (Å²) in [6.45, 7) is 3.85. The number of halogens is 1. The molecule has 35 heavy (non-hydrogen) atoms. The van der Waals surface area contributed by atoms with Gasteiger partial charge in [0.1, 0.15) is 0 Å². The van der Waals surface area contributed by atoms with Crippen molar-refractivity contribution in [2.24, 2.45) is 5.92 Å². The summed E-state index contributed by atoms with van der Waals surface area (Å²) in [7, 11) is 0. The third-order valence-electron chi connectivity index (χ3n) is 6.33. The van der Waals surface area contributed by atoms with E-state index < -0.39 is 0 Å². The van der Waals surface area contributed by atoms with E-state index in [1.165, 1.54) is 0 Å². The van der Waals surface area contributed by atoms with Crippen LogP contribution in [0.15, 0.2) is 73.2 Å². The Balaban J connectivity index is 0.00000289. The Bertz CT molecular complexity index is 1280. The number of carbonyl (C=O) groups excluding carboxylic acids is 1. The number of amides is 1. The summed E-state index contributed by atoms with van der Waals surface area (Å²) in [4.78, 5) is 25.8. The lowest BCUT2D eigenvalue weighted by atomic mass is 9.96. The SMILES string of the molecule is C[C@@H](NC(=O)C1CCNCC1)c1ccc(Nc2ncc3cc(-c4ccncc4)ccc3n2)cc1.Cl. The molecule has 0 radical (unpaired) electrons. The summed E-state index contributed by atoms with van der Waals surface area (Å²) in [5.41, 5.74) is 5.06. The van der Waals surface area contributed by atoms with E-state index in [2.05, 4.69) is 43.0 Å². The summed E-state index contributed by atoms with van der Waals surface area (Å²) in [5, 5.41) is 10.7. The van der Waals surface area contributed by atoms with Gasteiger partial charge in [-0.3, -0.25) is 9.78 Å². The molecule has 1 fully saturated rings. The topological polar surface area (TPSA) is 91.8 Å². The van der Waals surface area contributed by atoms with Crippen molar-refractivity contribution >= 4 is 40.9 Å². The third kappa shape index (κ3) is 5.93. The number of pyridine rings is 1. The number of hydrogen-bond acceptors (Lipinski definition) is 6. The Morgan fingerprint density at radius 3 is 2.49 bits per heavy atom. The van der Waals surface area contributed by atoms with Crippen LogP contribution in [0.4, 0.5) is 11.6 Å². The molecular formula is C27H29ClN6O. The lowest BCUT2D eigenvalue weighted by molar-refractivity contribution is -0.126. The molecule has 1 saturated heterocycles. The van der Waals surface area contributed by atoms with Crippen molar-refractivity contribution in [1.82, 2.24) is 25.6 Å². The summed E-state index contributed by atoms with van der Waals surface area (Å²) >= 11 is 0. The Kier molecular flexibility index (Phi) is 7.90. The van der Waals surface area contributed by atoms with Crippen LogP contribution in [0.5, 0.6) is 0 Å². The summed E-state index contributed by atoms with van der Waals surface area (Å²) in [5.74, 6) is 0.799. The van der Waals surface area contributed by atoms with Gasteiger partial charge in [0.05, 0.1) is 11.6 Å². The average Bonchev–Trinajstić information content (AvgIpc) is 2.90. The highest BCUT2D eigenvalue weighted by atomic mass is 35.5. The molecule has 0 aliphatic carbocycles. The predicted octanol–water partition coefficient (Wildman–Crippen LogP) is 5.03. The summed E-state index contributed by atoms with van der Waals surface area (Å²) in [6.07, 6.45) is 7.22. The maximum atomic E-state index is 12.5. The number of nitrogens with one attached hydrogen (secondary N) is 3. The van der Waals surface area contributed by atoms with Crippen LogP contribution in [0.3, 0.4) is 0 Å². The van der Waals surface area contributed by atoms with Gasteiger partial charge in [-0.1, -0.05) is 18.2 Å². The van der Waals surface area contributed by atoms with E-state index in [0.29, 0.717) is 5.95 Å². The van der Waals surface area contributed by atoms with Crippen molar-refractivity contribution in [3.8, 4) is 11.1 Å². The summed E-state index contributed by atoms with van der Waals surface area (Å²) in [6, 6.07) is 18.1. The zero-order valence-electron chi connectivity index (χ0n) is 19.6. The number of anilines is 2. The van der Waals surface area contributed by atoms with Gasteiger partial charge in [-0.15, -0.1) is 12.4 Å². The Hall–Kier alpha value is -3.55. The lowest BCUT2D eigenvalue weighted by Gasteiger charge is -2.24. The van der Waals surface area contributed by atoms with E-state index in [1.54, 1.807) is 12.4 Å². The quantitative estimate of drug-likeness (QED) is 0.352. The van der Waals surface area contributed by atoms with Crippen LogP contribution in [0.25, 0.3) is 22.0 Å². The maximum Gasteiger partial charge on any atom is 0.227 e. The fourth-order valence-corrected chi connectivity index (χ4v) is 4.30. The highest BCUT2D eigenvalue weighted by Gasteiger charge is 2.22. The zero-order chi connectivity index (χ0) is 23.3. The van der Waals surface area contributed by atoms with Gasteiger partial charge in [0.15, 0.2) is 0 Å². The molecule has 1 aliphatic rings. The molecule has 5 rings (SSSR count). The molecule has 2 aromatic heterocycles. The second kappa shape index (κ2) is 11.3. The van der Waals surface area contributed by atoms with Gasteiger partial charge in [-0.25, -0.2) is 9.97 Å². The molecule has 2 aromatic carbocycles. The molecular weight excluding hydrogens is 460 g/mol. The first-order chi connectivity index (χ1) is 16.7. The molecule has 0 spiro atoms. The first-order valence-corrected chi connectivity index (χ1v) is 11.7. The van der Waals surface area contributed by atoms with Crippen LogP contribution in [-0.4, -0.2) is 33.9 Å². The minimum absolute atomic E-state index is 0. The number of benzene rings is 2. The van der Waals surface area contributed by atoms with Gasteiger partial charge >= 0.3 is 0 Å². The van der Waals surface area contributed by atoms with Crippen LogP contribution in [0, 0.1) is 5.92 Å². The van der Waals surface area contributed by atoms with E-state index in [-0.39, 0.29) is 30.3 Å². The zero-order valence-corrected chi connectivity index (χ0v) is 20.4. The summed E-state index contributed by atoms with van der Waals surface area (Å²) < 4.78 is 0. The molecule has 0 unspecified atom stereocenters. The largest absolute Gasteiger partial charge is 0.349 e. The minimum atomic E-state index is -0.0389. The average molecular weight is 489 g/mol. The number of carbonyl (C=O) groups is 1. The predicted molar refractivity (Wildman–Crippen MR) is 142 cm³/mol. The molecule has 0 saturated carbocycles. The fourth-order valence-electron chi connectivity index (χ4n) is 4.30. The van der Waals surface area contributed by atoms with Crippen molar-refractivity contribution < 1.29 is 4.79 Å². The molecule has 1 amide bonds. The molecule has 180 valence electrons. The maximum absolute atomic E-state index is 12.5. The van der Waals surface area contributed by atoms with Crippen LogP contribution >= 0.6 is 12.4 Å². The van der Waals surface area contributed by atoms with E-state index in [4.69, 9.17) is 0 Å². The number of nitrogens with zero attached hydrogens (tertiary/aromatic N) is 3. The lowest BCUT2D eigenvalue weighted by Crippen LogP contribution is -2.39. The van der Waals surface area contributed by atoms with Gasteiger partial charge in [-0.2, -0.15) is 0 Å². The second-order valence-electron chi connectivity index (χ2n) is 8.70. The standard InChI is InChI=1S/C27H28N6O.ClH/c1-18(31-26(34)21-10-14-29-15-11-21)19-2-5-24(6-3-19)32-27-30-17-23-16-22(4-7-25(23)33-27)20-8-12-28-13-9-20;/h2-9,12-13,16-18,21,29H,10-11,14-15H2,1H3,(H,31,34)(H,30,32,33);1H/t18-;/m1./s1. The van der Waals surface area contributed by atoms with E-state index in [1.807, 2.05) is 55.6 Å². The molecule has 8 heteroatoms. The van der Waals surface area contributed by atoms with Gasteiger partial charge in [0.2, 0.25) is 11.9 Å². The van der Waals surface area contributed by atoms with Crippen molar-refractivity contribution in [2.75, 3.05) is 18.4 Å². The number of hydrogen-bond donors (Lipinski definition) is 3. The van der Waals surface area contributed by atoms with E-state index >= 15 is 0 Å². The Morgan fingerprint density at radius 2 is 1.74 bits per heavy atom. The number of fused-ring (bicyclic) bond motifs is 1. The normalized spacial score (nSPS) is 14.7. The van der Waals surface area contributed by atoms with Gasteiger partial charge in [0.25, 0.3) is 0 Å². The van der Waals surface area contributed by atoms with Gasteiger partial charge in [-0.05, 0) is 85.9 Å². The van der Waals surface area contributed by atoms with Gasteiger partial charge < -0.3 is 16.0 Å². The van der Waals surface area contributed by atoms with Crippen molar-refractivity contribution in [3.05, 3.63) is 78.8 Å². The fraction of sp³-hybridized carbons (Fsp3) is 0.259. The van der Waals surface area contributed by atoms with Crippen LogP contribution in [0.1, 0.15) is 31.4 Å². The number of rotatable bonds is 6. The molecule has 3 heterocycles. The monoisotopic (exact) mass is 488 g/mol. The molecule has 3 N–H and O–H groups in total. The highest BCUT2D eigenvalue weighted by Crippen LogP contribution is 2.25. The first-order valence-electron chi connectivity index (χ1n) is 11.7. The second-order valence-corrected chi connectivity index (χ2v) is 8.70. The minimum Gasteiger partial charge on any atom is -0.349 e. The van der Waals surface area contributed by atoms with E-state index in [9.17, 15) is 4.79 Å². The molecule has 0 bridgehead atoms. The van der Waals surface area contributed by atoms with Crippen molar-refractivity contribution in [2.45, 2.75) is 25.8 Å². The highest BCUT2D eigenvalue weighted by molar-refractivity contribution is 5.85. The van der Waals surface area contributed by atoms with Crippen LogP contribution < -0.4 is 16.0 Å².